The van der Waals surface area contributed by atoms with Crippen molar-refractivity contribution in [3.63, 3.8) is 0 Å². The van der Waals surface area contributed by atoms with Crippen LogP contribution in [0.3, 0.4) is 0 Å². The molecule has 0 fully saturated rings. The number of halogens is 2. The fourth-order valence-corrected chi connectivity index (χ4v) is 2.22. The molecule has 0 spiro atoms. The maximum absolute atomic E-state index is 12.0. The lowest BCUT2D eigenvalue weighted by Gasteiger charge is -2.09. The summed E-state index contributed by atoms with van der Waals surface area (Å²) in [6.07, 6.45) is 1.57. The third-order valence-corrected chi connectivity index (χ3v) is 3.42. The summed E-state index contributed by atoms with van der Waals surface area (Å²) < 4.78 is 1.31. The average molecular weight is 313 g/mol. The van der Waals surface area contributed by atoms with Gasteiger partial charge in [0.2, 0.25) is 0 Å². The van der Waals surface area contributed by atoms with Gasteiger partial charge in [-0.25, -0.2) is 4.68 Å². The molecule has 0 aliphatic rings. The Hall–Kier alpha value is -1.56. The van der Waals surface area contributed by atoms with Crippen molar-refractivity contribution in [1.82, 2.24) is 9.78 Å². The van der Waals surface area contributed by atoms with Crippen molar-refractivity contribution in [3.05, 3.63) is 56.4 Å². The smallest absolute Gasteiger partial charge is 0.269 e. The van der Waals surface area contributed by atoms with Crippen molar-refractivity contribution in [1.29, 1.82) is 0 Å². The first-order chi connectivity index (χ1) is 9.61. The van der Waals surface area contributed by atoms with E-state index in [1.165, 1.54) is 10.7 Å². The van der Waals surface area contributed by atoms with Crippen molar-refractivity contribution in [2.24, 2.45) is 5.73 Å². The Balaban J connectivity index is 2.24. The van der Waals surface area contributed by atoms with Crippen LogP contribution in [0.2, 0.25) is 10.0 Å². The highest BCUT2D eigenvalue weighted by atomic mass is 35.5. The highest BCUT2D eigenvalue weighted by Gasteiger charge is 2.08. The second-order valence-corrected chi connectivity index (χ2v) is 4.97. The van der Waals surface area contributed by atoms with Crippen LogP contribution in [0.4, 0.5) is 5.69 Å². The Bertz CT molecular complexity index is 637. The van der Waals surface area contributed by atoms with E-state index in [9.17, 15) is 4.79 Å². The molecule has 0 bridgehead atoms. The molecule has 0 unspecified atom stereocenters. The molecule has 3 N–H and O–H groups in total. The molecule has 2 rings (SSSR count). The van der Waals surface area contributed by atoms with E-state index in [-0.39, 0.29) is 12.1 Å². The quantitative estimate of drug-likeness (QED) is 0.885. The van der Waals surface area contributed by atoms with Crippen LogP contribution in [-0.4, -0.2) is 22.9 Å². The molecule has 106 valence electrons. The normalized spacial score (nSPS) is 10.6. The molecular weight excluding hydrogens is 299 g/mol. The van der Waals surface area contributed by atoms with Gasteiger partial charge >= 0.3 is 0 Å². The van der Waals surface area contributed by atoms with Crippen molar-refractivity contribution in [2.75, 3.05) is 18.4 Å². The largest absolute Gasteiger partial charge is 0.382 e. The maximum Gasteiger partial charge on any atom is 0.269 e. The van der Waals surface area contributed by atoms with Gasteiger partial charge in [0.15, 0.2) is 0 Å². The average Bonchev–Trinajstić information content (AvgIpc) is 2.42. The number of aromatic nitrogens is 2. The summed E-state index contributed by atoms with van der Waals surface area (Å²) in [5.74, 6) is 0. The van der Waals surface area contributed by atoms with E-state index < -0.39 is 0 Å². The number of nitrogens with two attached hydrogens (primary N) is 1. The van der Waals surface area contributed by atoms with Crippen molar-refractivity contribution < 1.29 is 0 Å². The lowest BCUT2D eigenvalue weighted by atomic mass is 10.2. The number of hydrogen-bond acceptors (Lipinski definition) is 4. The van der Waals surface area contributed by atoms with Gasteiger partial charge in [-0.2, -0.15) is 5.10 Å². The Morgan fingerprint density at radius 3 is 2.60 bits per heavy atom. The van der Waals surface area contributed by atoms with Gasteiger partial charge in [-0.15, -0.1) is 0 Å². The van der Waals surface area contributed by atoms with Gasteiger partial charge in [-0.05, 0) is 12.1 Å². The number of benzene rings is 1. The van der Waals surface area contributed by atoms with E-state index in [0.29, 0.717) is 34.4 Å². The zero-order chi connectivity index (χ0) is 14.5. The molecule has 0 aliphatic carbocycles. The molecule has 1 aromatic carbocycles. The first kappa shape index (κ1) is 14.8. The minimum atomic E-state index is -0.233. The Kier molecular flexibility index (Phi) is 5.00. The van der Waals surface area contributed by atoms with Crippen LogP contribution >= 0.6 is 23.2 Å². The topological polar surface area (TPSA) is 72.9 Å². The van der Waals surface area contributed by atoms with Crippen LogP contribution in [0.15, 0.2) is 35.3 Å². The predicted molar refractivity (Wildman–Crippen MR) is 81.6 cm³/mol. The van der Waals surface area contributed by atoms with E-state index in [1.54, 1.807) is 24.4 Å². The fourth-order valence-electron chi connectivity index (χ4n) is 1.70. The van der Waals surface area contributed by atoms with Gasteiger partial charge in [0, 0.05) is 34.8 Å². The van der Waals surface area contributed by atoms with E-state index >= 15 is 0 Å². The lowest BCUT2D eigenvalue weighted by molar-refractivity contribution is 0.640. The molecule has 5 nitrogen and oxygen atoms in total. The van der Waals surface area contributed by atoms with Crippen LogP contribution in [0.25, 0.3) is 0 Å². The highest BCUT2D eigenvalue weighted by Crippen LogP contribution is 2.24. The summed E-state index contributed by atoms with van der Waals surface area (Å²) in [4.78, 5) is 12.0. The third-order valence-electron chi connectivity index (χ3n) is 2.71. The van der Waals surface area contributed by atoms with E-state index in [0.717, 1.165) is 0 Å². The molecule has 0 radical (unpaired) electrons. The minimum absolute atomic E-state index is 0.231. The number of hydrogen-bond donors (Lipinski definition) is 2. The molecule has 1 heterocycles. The summed E-state index contributed by atoms with van der Waals surface area (Å²) >= 11 is 12.2. The number of anilines is 1. The molecule has 2 aromatic rings. The molecule has 0 aliphatic heterocycles. The minimum Gasteiger partial charge on any atom is -0.382 e. The Morgan fingerprint density at radius 2 is 2.00 bits per heavy atom. The molecular formula is C13H14Cl2N4O. The van der Waals surface area contributed by atoms with Gasteiger partial charge < -0.3 is 11.1 Å². The zero-order valence-electron chi connectivity index (χ0n) is 10.6. The van der Waals surface area contributed by atoms with E-state index in [2.05, 4.69) is 10.4 Å². The van der Waals surface area contributed by atoms with Crippen LogP contribution < -0.4 is 16.6 Å². The molecule has 0 saturated carbocycles. The standard InChI is InChI=1S/C13H14Cl2N4O/c14-11-2-1-3-12(15)10(11)8-19-13(20)6-9(7-18-19)17-5-4-16/h1-3,6-7,17H,4-5,8,16H2. The van der Waals surface area contributed by atoms with Crippen molar-refractivity contribution in [3.8, 4) is 0 Å². The molecule has 7 heteroatoms. The zero-order valence-corrected chi connectivity index (χ0v) is 12.2. The van der Waals surface area contributed by atoms with E-state index in [1.807, 2.05) is 0 Å². The first-order valence-electron chi connectivity index (χ1n) is 6.06. The number of nitrogens with one attached hydrogen (secondary N) is 1. The monoisotopic (exact) mass is 312 g/mol. The number of rotatable bonds is 5. The van der Waals surface area contributed by atoms with Crippen LogP contribution in [-0.2, 0) is 6.54 Å². The molecule has 0 amide bonds. The van der Waals surface area contributed by atoms with Gasteiger partial charge in [-0.3, -0.25) is 4.79 Å². The van der Waals surface area contributed by atoms with Crippen LogP contribution in [0.1, 0.15) is 5.56 Å². The maximum atomic E-state index is 12.0. The molecule has 0 saturated heterocycles. The highest BCUT2D eigenvalue weighted by molar-refractivity contribution is 6.35. The molecule has 1 aromatic heterocycles. The number of nitrogens with zero attached hydrogens (tertiary/aromatic N) is 2. The summed E-state index contributed by atoms with van der Waals surface area (Å²) in [6.45, 7) is 1.30. The lowest BCUT2D eigenvalue weighted by Crippen LogP contribution is -2.24. The first-order valence-corrected chi connectivity index (χ1v) is 6.81. The Morgan fingerprint density at radius 1 is 1.30 bits per heavy atom. The van der Waals surface area contributed by atoms with Crippen LogP contribution in [0, 0.1) is 0 Å². The van der Waals surface area contributed by atoms with Gasteiger partial charge in [-0.1, -0.05) is 29.3 Å². The van der Waals surface area contributed by atoms with Crippen LogP contribution in [0.5, 0.6) is 0 Å². The predicted octanol–water partition coefficient (Wildman–Crippen LogP) is 1.97. The Labute approximate surface area is 126 Å². The summed E-state index contributed by atoms with van der Waals surface area (Å²) in [5.41, 5.74) is 6.47. The van der Waals surface area contributed by atoms with Gasteiger partial charge in [0.05, 0.1) is 18.4 Å². The summed E-state index contributed by atoms with van der Waals surface area (Å²) in [7, 11) is 0. The molecule has 20 heavy (non-hydrogen) atoms. The summed E-state index contributed by atoms with van der Waals surface area (Å²) in [5, 5.41) is 8.11. The second-order valence-electron chi connectivity index (χ2n) is 4.16. The fraction of sp³-hybridized carbons (Fsp3) is 0.231. The SMILES string of the molecule is NCCNc1cnn(Cc2c(Cl)cccc2Cl)c(=O)c1. The van der Waals surface area contributed by atoms with Gasteiger partial charge in [0.1, 0.15) is 0 Å². The summed E-state index contributed by atoms with van der Waals surface area (Å²) in [6, 6.07) is 6.67. The molecule has 0 atom stereocenters. The second kappa shape index (κ2) is 6.74. The van der Waals surface area contributed by atoms with Crippen molar-refractivity contribution >= 4 is 28.9 Å². The van der Waals surface area contributed by atoms with Gasteiger partial charge in [0.25, 0.3) is 5.56 Å². The third kappa shape index (κ3) is 3.50. The van der Waals surface area contributed by atoms with Crippen molar-refractivity contribution in [2.45, 2.75) is 6.54 Å². The van der Waals surface area contributed by atoms with E-state index in [4.69, 9.17) is 28.9 Å².